The number of carbonyl (C=O) groups is 3. The minimum Gasteiger partial charge on any atom is -0.457 e. The molecule has 0 aliphatic carbocycles. The first-order valence-corrected chi connectivity index (χ1v) is 12.0. The van der Waals surface area contributed by atoms with Gasteiger partial charge in [0, 0.05) is 12.0 Å². The molecule has 9 nitrogen and oxygen atoms in total. The predicted molar refractivity (Wildman–Crippen MR) is 127 cm³/mol. The number of fused-ring (bicyclic) bond motifs is 1. The molecule has 2 heterocycles. The van der Waals surface area contributed by atoms with Gasteiger partial charge in [0.1, 0.15) is 24.0 Å². The van der Waals surface area contributed by atoms with Crippen LogP contribution in [0.15, 0.2) is 43.0 Å². The zero-order valence-electron chi connectivity index (χ0n) is 18.9. The topological polar surface area (TPSA) is 109 Å². The van der Waals surface area contributed by atoms with Crippen LogP contribution in [0.4, 0.5) is 0 Å². The van der Waals surface area contributed by atoms with Crippen LogP contribution in [0.3, 0.4) is 0 Å². The average molecular weight is 551 g/mol. The fourth-order valence-electron chi connectivity index (χ4n) is 3.67. The molecule has 2 aliphatic heterocycles. The van der Waals surface area contributed by atoms with Gasteiger partial charge in [-0.1, -0.05) is 71.2 Å². The van der Waals surface area contributed by atoms with Gasteiger partial charge in [-0.15, -0.1) is 6.58 Å². The number of carbonyl (C=O) groups excluding carboxylic acids is 3. The van der Waals surface area contributed by atoms with Crippen molar-refractivity contribution in [2.45, 2.75) is 60.5 Å². The lowest BCUT2D eigenvalue weighted by atomic mass is 9.95. The molecule has 2 aliphatic rings. The maximum atomic E-state index is 12.6. The van der Waals surface area contributed by atoms with Gasteiger partial charge in [-0.2, -0.15) is 0 Å². The van der Waals surface area contributed by atoms with Crippen molar-refractivity contribution in [2.75, 3.05) is 13.2 Å². The number of nitrogens with one attached hydrogen (secondary N) is 1. The SMILES string of the molecule is C=CCO[C@@H]1O[C@@H]2COC(c3ccccc3)O[C@H]2[C@H](OC(=O)CCC(C)=O)[C@H]1NC(=O)C(Cl)(Cl)Cl. The average Bonchev–Trinajstić information content (AvgIpc) is 2.82. The summed E-state index contributed by atoms with van der Waals surface area (Å²) in [6, 6.07) is 8.03. The molecule has 0 spiro atoms. The molecule has 1 unspecified atom stereocenters. The molecule has 6 atom stereocenters. The van der Waals surface area contributed by atoms with Gasteiger partial charge in [0.15, 0.2) is 18.7 Å². The molecule has 192 valence electrons. The second-order valence-electron chi connectivity index (χ2n) is 8.00. The molecule has 1 amide bonds. The van der Waals surface area contributed by atoms with E-state index in [1.165, 1.54) is 13.0 Å². The Morgan fingerprint density at radius 2 is 1.89 bits per heavy atom. The molecule has 0 radical (unpaired) electrons. The number of esters is 1. The van der Waals surface area contributed by atoms with Gasteiger partial charge in [-0.3, -0.25) is 9.59 Å². The second kappa shape index (κ2) is 12.5. The van der Waals surface area contributed by atoms with Crippen molar-refractivity contribution in [3.63, 3.8) is 0 Å². The minimum atomic E-state index is -2.30. The maximum absolute atomic E-state index is 12.6. The Labute approximate surface area is 217 Å². The van der Waals surface area contributed by atoms with E-state index in [1.54, 1.807) is 0 Å². The highest BCUT2D eigenvalue weighted by Crippen LogP contribution is 2.36. The standard InChI is InChI=1S/C23H26Cl3NO8/c1-3-11-31-21-17(27-22(30)23(24,25)26)19(34-16(29)10-9-13(2)28)18-15(33-21)12-32-20(35-18)14-7-5-4-6-8-14/h3-8,15,17-21H,1,9-12H2,2H3,(H,27,30)/t15-,17-,18-,19-,20?,21-/m1/s1. The quantitative estimate of drug-likeness (QED) is 0.284. The van der Waals surface area contributed by atoms with Gasteiger partial charge < -0.3 is 33.8 Å². The Hall–Kier alpha value is -1.72. The number of rotatable bonds is 9. The normalized spacial score (nSPS) is 28.5. The predicted octanol–water partition coefficient (Wildman–Crippen LogP) is 3.16. The first kappa shape index (κ1) is 27.9. The number of ketones is 1. The molecule has 0 saturated carbocycles. The van der Waals surface area contributed by atoms with E-state index in [-0.39, 0.29) is 31.8 Å². The number of halogens is 3. The van der Waals surface area contributed by atoms with E-state index in [4.69, 9.17) is 58.5 Å². The minimum absolute atomic E-state index is 0.00563. The largest absolute Gasteiger partial charge is 0.457 e. The van der Waals surface area contributed by atoms with E-state index in [0.717, 1.165) is 5.56 Å². The monoisotopic (exact) mass is 549 g/mol. The summed E-state index contributed by atoms with van der Waals surface area (Å²) in [5.41, 5.74) is 0.736. The van der Waals surface area contributed by atoms with Gasteiger partial charge in [0.25, 0.3) is 9.70 Å². The Morgan fingerprint density at radius 1 is 1.17 bits per heavy atom. The number of amides is 1. The highest BCUT2D eigenvalue weighted by molar-refractivity contribution is 6.76. The van der Waals surface area contributed by atoms with Crippen molar-refractivity contribution >= 4 is 52.5 Å². The fraction of sp³-hybridized carbons (Fsp3) is 0.522. The number of Topliss-reactive ketones (excluding diaryl/α,β-unsaturated/α-hetero) is 1. The van der Waals surface area contributed by atoms with Crippen LogP contribution in [0.1, 0.15) is 31.6 Å². The second-order valence-corrected chi connectivity index (χ2v) is 10.3. The van der Waals surface area contributed by atoms with Gasteiger partial charge in [0.05, 0.1) is 19.6 Å². The fourth-order valence-corrected chi connectivity index (χ4v) is 3.84. The number of alkyl halides is 3. The first-order chi connectivity index (χ1) is 16.6. The molecular formula is C23H26Cl3NO8. The smallest absolute Gasteiger partial charge is 0.306 e. The van der Waals surface area contributed by atoms with Crippen LogP contribution < -0.4 is 5.32 Å². The Balaban J connectivity index is 1.91. The summed E-state index contributed by atoms with van der Waals surface area (Å²) in [7, 11) is 0. The number of ether oxygens (including phenoxy) is 5. The Morgan fingerprint density at radius 3 is 2.51 bits per heavy atom. The van der Waals surface area contributed by atoms with Gasteiger partial charge >= 0.3 is 5.97 Å². The number of hydrogen-bond donors (Lipinski definition) is 1. The molecule has 12 heteroatoms. The Kier molecular flexibility index (Phi) is 9.94. The van der Waals surface area contributed by atoms with Gasteiger partial charge in [-0.25, -0.2) is 0 Å². The lowest BCUT2D eigenvalue weighted by Gasteiger charge is -2.49. The summed E-state index contributed by atoms with van der Waals surface area (Å²) in [5, 5.41) is 2.54. The van der Waals surface area contributed by atoms with Crippen LogP contribution in [0.2, 0.25) is 0 Å². The summed E-state index contributed by atoms with van der Waals surface area (Å²) in [6.07, 6.45) is -3.28. The van der Waals surface area contributed by atoms with E-state index in [0.29, 0.717) is 0 Å². The summed E-state index contributed by atoms with van der Waals surface area (Å²) >= 11 is 17.3. The van der Waals surface area contributed by atoms with E-state index in [9.17, 15) is 14.4 Å². The zero-order chi connectivity index (χ0) is 25.6. The highest BCUT2D eigenvalue weighted by atomic mass is 35.6. The molecule has 1 aromatic carbocycles. The number of hydrogen-bond acceptors (Lipinski definition) is 8. The summed E-state index contributed by atoms with van der Waals surface area (Å²) in [5.74, 6) is -1.82. The summed E-state index contributed by atoms with van der Waals surface area (Å²) in [4.78, 5) is 36.6. The van der Waals surface area contributed by atoms with Crippen LogP contribution in [0.25, 0.3) is 0 Å². The molecule has 3 rings (SSSR count). The molecule has 1 N–H and O–H groups in total. The lowest BCUT2D eigenvalue weighted by Crippen LogP contribution is -2.68. The van der Waals surface area contributed by atoms with Crippen LogP contribution in [-0.4, -0.2) is 65.3 Å². The molecular weight excluding hydrogens is 525 g/mol. The van der Waals surface area contributed by atoms with E-state index < -0.39 is 52.6 Å². The zero-order valence-corrected chi connectivity index (χ0v) is 21.1. The third kappa shape index (κ3) is 7.63. The van der Waals surface area contributed by atoms with Crippen molar-refractivity contribution < 1.29 is 38.1 Å². The lowest BCUT2D eigenvalue weighted by molar-refractivity contribution is -0.343. The van der Waals surface area contributed by atoms with Crippen molar-refractivity contribution in [1.29, 1.82) is 0 Å². The molecule has 1 aromatic rings. The molecule has 2 fully saturated rings. The van der Waals surface area contributed by atoms with Crippen LogP contribution in [-0.2, 0) is 38.1 Å². The highest BCUT2D eigenvalue weighted by Gasteiger charge is 2.53. The van der Waals surface area contributed by atoms with E-state index in [2.05, 4.69) is 11.9 Å². The van der Waals surface area contributed by atoms with Crippen LogP contribution >= 0.6 is 34.8 Å². The molecule has 0 bridgehead atoms. The number of benzene rings is 1. The molecule has 0 aromatic heterocycles. The Bertz CT molecular complexity index is 910. The first-order valence-electron chi connectivity index (χ1n) is 10.9. The van der Waals surface area contributed by atoms with Gasteiger partial charge in [-0.05, 0) is 6.92 Å². The summed E-state index contributed by atoms with van der Waals surface area (Å²) < 4.78 is 27.1. The van der Waals surface area contributed by atoms with E-state index >= 15 is 0 Å². The third-order valence-electron chi connectivity index (χ3n) is 5.29. The molecule has 35 heavy (non-hydrogen) atoms. The summed E-state index contributed by atoms with van der Waals surface area (Å²) in [6.45, 7) is 5.12. The van der Waals surface area contributed by atoms with Crippen molar-refractivity contribution in [1.82, 2.24) is 5.32 Å². The maximum Gasteiger partial charge on any atom is 0.306 e. The van der Waals surface area contributed by atoms with Crippen molar-refractivity contribution in [3.05, 3.63) is 48.6 Å². The van der Waals surface area contributed by atoms with Crippen molar-refractivity contribution in [3.8, 4) is 0 Å². The van der Waals surface area contributed by atoms with Crippen molar-refractivity contribution in [2.24, 2.45) is 0 Å². The van der Waals surface area contributed by atoms with Gasteiger partial charge in [0.2, 0.25) is 0 Å². The van der Waals surface area contributed by atoms with E-state index in [1.807, 2.05) is 30.3 Å². The van der Waals surface area contributed by atoms with Crippen LogP contribution in [0.5, 0.6) is 0 Å². The van der Waals surface area contributed by atoms with Crippen LogP contribution in [0, 0.1) is 0 Å². The molecule has 2 saturated heterocycles. The third-order valence-corrected chi connectivity index (χ3v) is 5.81.